The van der Waals surface area contributed by atoms with E-state index in [9.17, 15) is 13.2 Å². The molecule has 0 radical (unpaired) electrons. The molecule has 94 valence electrons. The Hall–Kier alpha value is -0.620. The van der Waals surface area contributed by atoms with Gasteiger partial charge in [0.15, 0.2) is 9.84 Å². The van der Waals surface area contributed by atoms with E-state index in [2.05, 4.69) is 0 Å². The van der Waals surface area contributed by atoms with Gasteiger partial charge in [0.25, 0.3) is 0 Å². The minimum atomic E-state index is -2.88. The van der Waals surface area contributed by atoms with Crippen molar-refractivity contribution in [2.45, 2.75) is 31.7 Å². The van der Waals surface area contributed by atoms with Crippen LogP contribution in [0.5, 0.6) is 0 Å². The fourth-order valence-electron chi connectivity index (χ4n) is 2.01. The largest absolute Gasteiger partial charge is 0.481 e. The molecule has 0 bridgehead atoms. The maximum Gasteiger partial charge on any atom is 0.303 e. The van der Waals surface area contributed by atoms with E-state index in [1.165, 1.54) is 0 Å². The molecule has 1 atom stereocenters. The summed E-state index contributed by atoms with van der Waals surface area (Å²) in [5.74, 6) is -0.284. The van der Waals surface area contributed by atoms with E-state index in [4.69, 9.17) is 5.11 Å². The molecule has 0 amide bonds. The van der Waals surface area contributed by atoms with E-state index >= 15 is 0 Å². The minimum Gasteiger partial charge on any atom is -0.481 e. The van der Waals surface area contributed by atoms with Crippen LogP contribution in [0.25, 0.3) is 0 Å². The Balaban J connectivity index is 2.36. The maximum atomic E-state index is 11.4. The SMILES string of the molecule is CN(CCCC(=O)O)C1CCCS(=O)(=O)C1. The van der Waals surface area contributed by atoms with Crippen LogP contribution in [-0.2, 0) is 14.6 Å². The highest BCUT2D eigenvalue weighted by Gasteiger charge is 2.27. The molecule has 1 aliphatic rings. The van der Waals surface area contributed by atoms with Crippen molar-refractivity contribution in [2.75, 3.05) is 25.1 Å². The summed E-state index contributed by atoms with van der Waals surface area (Å²) in [7, 11) is -1.01. The Morgan fingerprint density at radius 1 is 1.50 bits per heavy atom. The van der Waals surface area contributed by atoms with E-state index in [1.807, 2.05) is 11.9 Å². The van der Waals surface area contributed by atoms with Gasteiger partial charge in [0.05, 0.1) is 11.5 Å². The summed E-state index contributed by atoms with van der Waals surface area (Å²) < 4.78 is 22.9. The summed E-state index contributed by atoms with van der Waals surface area (Å²) in [5, 5.41) is 8.51. The van der Waals surface area contributed by atoms with Gasteiger partial charge in [0.2, 0.25) is 0 Å². The Kier molecular flexibility index (Phi) is 4.73. The number of carboxylic acid groups (broad SMARTS) is 1. The quantitative estimate of drug-likeness (QED) is 0.761. The number of rotatable bonds is 5. The first-order valence-electron chi connectivity index (χ1n) is 5.53. The number of sulfone groups is 1. The molecule has 0 aromatic heterocycles. The first-order valence-corrected chi connectivity index (χ1v) is 7.35. The maximum absolute atomic E-state index is 11.4. The molecule has 1 unspecified atom stereocenters. The number of carboxylic acids is 1. The molecular formula is C10H19NO4S. The number of nitrogens with zero attached hydrogens (tertiary/aromatic N) is 1. The predicted octanol–water partition coefficient (Wildman–Crippen LogP) is 0.360. The first-order chi connectivity index (χ1) is 7.41. The summed E-state index contributed by atoms with van der Waals surface area (Å²) in [4.78, 5) is 12.3. The summed E-state index contributed by atoms with van der Waals surface area (Å²) in [6.07, 6.45) is 2.32. The normalized spacial score (nSPS) is 24.5. The molecule has 0 saturated carbocycles. The lowest BCUT2D eigenvalue weighted by Crippen LogP contribution is -2.41. The highest BCUT2D eigenvalue weighted by Crippen LogP contribution is 2.16. The van der Waals surface area contributed by atoms with Gasteiger partial charge < -0.3 is 10.0 Å². The predicted molar refractivity (Wildman–Crippen MR) is 61.2 cm³/mol. The Labute approximate surface area is 96.4 Å². The van der Waals surface area contributed by atoms with Crippen molar-refractivity contribution in [3.8, 4) is 0 Å². The van der Waals surface area contributed by atoms with Gasteiger partial charge in [0.1, 0.15) is 0 Å². The fraction of sp³-hybridized carbons (Fsp3) is 0.900. The van der Waals surface area contributed by atoms with Crippen molar-refractivity contribution in [3.05, 3.63) is 0 Å². The fourth-order valence-corrected chi connectivity index (χ4v) is 3.79. The van der Waals surface area contributed by atoms with Crippen LogP contribution in [0.1, 0.15) is 25.7 Å². The standard InChI is InChI=1S/C10H19NO4S/c1-11(6-2-5-10(12)13)9-4-3-7-16(14,15)8-9/h9H,2-8H2,1H3,(H,12,13). The Morgan fingerprint density at radius 3 is 2.75 bits per heavy atom. The van der Waals surface area contributed by atoms with Crippen molar-refractivity contribution in [2.24, 2.45) is 0 Å². The summed E-state index contributed by atoms with van der Waals surface area (Å²) in [5.41, 5.74) is 0. The van der Waals surface area contributed by atoms with Crippen LogP contribution in [0.2, 0.25) is 0 Å². The van der Waals surface area contributed by atoms with Gasteiger partial charge in [-0.1, -0.05) is 0 Å². The zero-order chi connectivity index (χ0) is 12.2. The molecule has 5 nitrogen and oxygen atoms in total. The summed E-state index contributed by atoms with van der Waals surface area (Å²) in [6, 6.07) is 0.0625. The molecule has 0 aliphatic carbocycles. The third-order valence-corrected chi connectivity index (χ3v) is 4.77. The third-order valence-electron chi connectivity index (χ3n) is 2.96. The van der Waals surface area contributed by atoms with Crippen molar-refractivity contribution in [1.82, 2.24) is 4.90 Å². The molecule has 1 heterocycles. The molecule has 0 aromatic rings. The highest BCUT2D eigenvalue weighted by atomic mass is 32.2. The van der Waals surface area contributed by atoms with Gasteiger partial charge in [-0.2, -0.15) is 0 Å². The topological polar surface area (TPSA) is 74.7 Å². The molecular weight excluding hydrogens is 230 g/mol. The van der Waals surface area contributed by atoms with Gasteiger partial charge in [-0.3, -0.25) is 4.79 Å². The molecule has 1 fully saturated rings. The number of aliphatic carboxylic acids is 1. The Bertz CT molecular complexity index is 339. The smallest absolute Gasteiger partial charge is 0.303 e. The van der Waals surface area contributed by atoms with Crippen molar-refractivity contribution in [3.63, 3.8) is 0 Å². The lowest BCUT2D eigenvalue weighted by Gasteiger charge is -2.30. The first kappa shape index (κ1) is 13.4. The van der Waals surface area contributed by atoms with Crippen LogP contribution in [0.15, 0.2) is 0 Å². The van der Waals surface area contributed by atoms with E-state index in [0.29, 0.717) is 18.7 Å². The summed E-state index contributed by atoms with van der Waals surface area (Å²) >= 11 is 0. The number of hydrogen-bond acceptors (Lipinski definition) is 4. The Morgan fingerprint density at radius 2 is 2.19 bits per heavy atom. The van der Waals surface area contributed by atoms with E-state index in [-0.39, 0.29) is 18.2 Å². The van der Waals surface area contributed by atoms with Crippen LogP contribution in [0.3, 0.4) is 0 Å². The molecule has 0 spiro atoms. The average Bonchev–Trinajstić information content (AvgIpc) is 2.15. The molecule has 16 heavy (non-hydrogen) atoms. The van der Waals surface area contributed by atoms with Crippen molar-refractivity contribution in [1.29, 1.82) is 0 Å². The van der Waals surface area contributed by atoms with Gasteiger partial charge in [-0.15, -0.1) is 0 Å². The van der Waals surface area contributed by atoms with Crippen LogP contribution in [0, 0.1) is 0 Å². The molecule has 6 heteroatoms. The van der Waals surface area contributed by atoms with E-state index in [0.717, 1.165) is 12.8 Å². The lowest BCUT2D eigenvalue weighted by atomic mass is 10.1. The van der Waals surface area contributed by atoms with Gasteiger partial charge in [-0.05, 0) is 32.9 Å². The van der Waals surface area contributed by atoms with Crippen molar-refractivity contribution < 1.29 is 18.3 Å². The van der Waals surface area contributed by atoms with Crippen LogP contribution in [-0.4, -0.2) is 55.5 Å². The molecule has 1 rings (SSSR count). The van der Waals surface area contributed by atoms with Gasteiger partial charge in [-0.25, -0.2) is 8.42 Å². The second kappa shape index (κ2) is 5.63. The minimum absolute atomic E-state index is 0.0625. The van der Waals surface area contributed by atoms with Gasteiger partial charge in [0, 0.05) is 12.5 Å². The van der Waals surface area contributed by atoms with Crippen LogP contribution >= 0.6 is 0 Å². The second-order valence-corrected chi connectivity index (χ2v) is 6.62. The molecule has 0 aromatic carbocycles. The zero-order valence-electron chi connectivity index (χ0n) is 9.55. The van der Waals surface area contributed by atoms with E-state index < -0.39 is 15.8 Å². The highest BCUT2D eigenvalue weighted by molar-refractivity contribution is 7.91. The number of carbonyl (C=O) groups is 1. The monoisotopic (exact) mass is 249 g/mol. The molecule has 1 N–H and O–H groups in total. The second-order valence-electron chi connectivity index (χ2n) is 4.39. The average molecular weight is 249 g/mol. The molecule has 1 saturated heterocycles. The van der Waals surface area contributed by atoms with E-state index in [1.54, 1.807) is 0 Å². The van der Waals surface area contributed by atoms with Crippen molar-refractivity contribution >= 4 is 15.8 Å². The number of hydrogen-bond donors (Lipinski definition) is 1. The third kappa shape index (κ3) is 4.49. The molecule has 1 aliphatic heterocycles. The van der Waals surface area contributed by atoms with Crippen LogP contribution < -0.4 is 0 Å². The zero-order valence-corrected chi connectivity index (χ0v) is 10.4. The van der Waals surface area contributed by atoms with Crippen LogP contribution in [0.4, 0.5) is 0 Å². The van der Waals surface area contributed by atoms with Gasteiger partial charge >= 0.3 is 5.97 Å². The summed E-state index contributed by atoms with van der Waals surface area (Å²) in [6.45, 7) is 0.645. The lowest BCUT2D eigenvalue weighted by molar-refractivity contribution is -0.137.